The molecule has 1 aliphatic rings. The smallest absolute Gasteiger partial charge is 0.340 e. The first-order chi connectivity index (χ1) is 13.0. The summed E-state index contributed by atoms with van der Waals surface area (Å²) in [5.74, 6) is -0.711. The number of allylic oxidation sites excluding steroid dienone is 1. The molecule has 6 heteroatoms. The van der Waals surface area contributed by atoms with Crippen molar-refractivity contribution in [3.05, 3.63) is 76.8 Å². The van der Waals surface area contributed by atoms with Crippen LogP contribution in [0.5, 0.6) is 5.75 Å². The molecule has 0 bridgehead atoms. The van der Waals surface area contributed by atoms with Crippen molar-refractivity contribution in [2.45, 2.75) is 6.92 Å². The normalized spacial score (nSPS) is 15.5. The maximum Gasteiger partial charge on any atom is 0.340 e. The Balaban J connectivity index is 2.09. The molecule has 0 fully saturated rings. The van der Waals surface area contributed by atoms with Crippen molar-refractivity contribution < 1.29 is 23.5 Å². The molecule has 0 spiro atoms. The van der Waals surface area contributed by atoms with E-state index in [4.69, 9.17) is 9.47 Å². The fourth-order valence-corrected chi connectivity index (χ4v) is 2.95. The molecule has 0 saturated heterocycles. The van der Waals surface area contributed by atoms with Crippen molar-refractivity contribution in [2.24, 2.45) is 0 Å². The van der Waals surface area contributed by atoms with Crippen molar-refractivity contribution >= 4 is 23.6 Å². The fraction of sp³-hybridized carbons (Fsp3) is 0.143. The average molecular weight is 367 g/mol. The number of amides is 1. The van der Waals surface area contributed by atoms with Crippen molar-refractivity contribution in [1.82, 2.24) is 0 Å². The molecular formula is C21H18FNO4. The van der Waals surface area contributed by atoms with Crippen LogP contribution >= 0.6 is 0 Å². The molecule has 0 N–H and O–H groups in total. The predicted molar refractivity (Wildman–Crippen MR) is 99.6 cm³/mol. The van der Waals surface area contributed by atoms with Crippen LogP contribution in [0.25, 0.3) is 6.08 Å². The zero-order chi connectivity index (χ0) is 19.6. The van der Waals surface area contributed by atoms with Crippen LogP contribution in [0.2, 0.25) is 0 Å². The van der Waals surface area contributed by atoms with Gasteiger partial charge in [0.1, 0.15) is 11.6 Å². The zero-order valence-electron chi connectivity index (χ0n) is 15.2. The maximum absolute atomic E-state index is 13.2. The molecule has 3 rings (SSSR count). The van der Waals surface area contributed by atoms with Gasteiger partial charge in [-0.1, -0.05) is 12.1 Å². The Morgan fingerprint density at radius 3 is 2.22 bits per heavy atom. The van der Waals surface area contributed by atoms with Gasteiger partial charge in [-0.2, -0.15) is 0 Å². The van der Waals surface area contributed by atoms with Crippen LogP contribution in [0, 0.1) is 5.82 Å². The molecule has 0 aromatic heterocycles. The molecule has 0 atom stereocenters. The Morgan fingerprint density at radius 2 is 1.67 bits per heavy atom. The monoisotopic (exact) mass is 367 g/mol. The minimum absolute atomic E-state index is 0.183. The van der Waals surface area contributed by atoms with Crippen LogP contribution < -0.4 is 9.64 Å². The third-order valence-corrected chi connectivity index (χ3v) is 4.30. The molecule has 0 saturated carbocycles. The summed E-state index contributed by atoms with van der Waals surface area (Å²) >= 11 is 0. The van der Waals surface area contributed by atoms with Crippen LogP contribution in [0.15, 0.2) is 65.4 Å². The number of hydrogen-bond donors (Lipinski definition) is 0. The highest BCUT2D eigenvalue weighted by Gasteiger charge is 2.37. The molecular weight excluding hydrogens is 349 g/mol. The molecule has 2 aromatic rings. The average Bonchev–Trinajstić information content (AvgIpc) is 2.92. The van der Waals surface area contributed by atoms with Crippen LogP contribution in [0.3, 0.4) is 0 Å². The van der Waals surface area contributed by atoms with Gasteiger partial charge in [0.15, 0.2) is 0 Å². The van der Waals surface area contributed by atoms with E-state index in [2.05, 4.69) is 0 Å². The first kappa shape index (κ1) is 18.4. The minimum Gasteiger partial charge on any atom is -0.497 e. The van der Waals surface area contributed by atoms with Crippen molar-refractivity contribution in [1.29, 1.82) is 0 Å². The number of nitrogens with zero attached hydrogens (tertiary/aromatic N) is 1. The number of methoxy groups -OCH3 is 2. The highest BCUT2D eigenvalue weighted by atomic mass is 19.1. The van der Waals surface area contributed by atoms with Crippen LogP contribution in [0.4, 0.5) is 10.1 Å². The second-order valence-corrected chi connectivity index (χ2v) is 5.90. The Kier molecular flexibility index (Phi) is 5.07. The van der Waals surface area contributed by atoms with Gasteiger partial charge in [0.2, 0.25) is 0 Å². The lowest BCUT2D eigenvalue weighted by atomic mass is 10.0. The Morgan fingerprint density at radius 1 is 1.04 bits per heavy atom. The molecule has 0 aliphatic carbocycles. The van der Waals surface area contributed by atoms with Gasteiger partial charge >= 0.3 is 5.97 Å². The van der Waals surface area contributed by atoms with Gasteiger partial charge in [-0.05, 0) is 55.0 Å². The molecule has 1 aliphatic heterocycles. The second kappa shape index (κ2) is 7.45. The first-order valence-electron chi connectivity index (χ1n) is 8.21. The lowest BCUT2D eigenvalue weighted by Gasteiger charge is -2.17. The molecule has 2 aromatic carbocycles. The van der Waals surface area contributed by atoms with Gasteiger partial charge in [0.25, 0.3) is 5.91 Å². The number of anilines is 1. The lowest BCUT2D eigenvalue weighted by molar-refractivity contribution is -0.136. The number of carbonyl (C=O) groups excluding carboxylic acids is 2. The third-order valence-electron chi connectivity index (χ3n) is 4.30. The number of rotatable bonds is 4. The molecule has 0 unspecified atom stereocenters. The summed E-state index contributed by atoms with van der Waals surface area (Å²) in [6.45, 7) is 1.66. The second-order valence-electron chi connectivity index (χ2n) is 5.90. The van der Waals surface area contributed by atoms with E-state index in [9.17, 15) is 14.0 Å². The number of ether oxygens (including phenoxy) is 2. The predicted octanol–water partition coefficient (Wildman–Crippen LogP) is 3.71. The summed E-state index contributed by atoms with van der Waals surface area (Å²) in [5.41, 5.74) is 2.03. The van der Waals surface area contributed by atoms with E-state index < -0.39 is 11.8 Å². The minimum atomic E-state index is -0.606. The van der Waals surface area contributed by atoms with Crippen LogP contribution in [0.1, 0.15) is 12.5 Å². The number of benzene rings is 2. The van der Waals surface area contributed by atoms with Crippen molar-refractivity contribution in [2.75, 3.05) is 19.1 Å². The standard InChI is InChI=1S/C21H18FNO4/c1-13-19(21(25)27-3)18(12-14-4-10-17(26-2)11-5-14)20(24)23(13)16-8-6-15(22)7-9-16/h4-12H,1-3H3/b18-12-. The van der Waals surface area contributed by atoms with Crippen molar-refractivity contribution in [3.63, 3.8) is 0 Å². The van der Waals surface area contributed by atoms with Gasteiger partial charge in [0, 0.05) is 11.4 Å². The molecule has 0 radical (unpaired) electrons. The van der Waals surface area contributed by atoms with Gasteiger partial charge < -0.3 is 9.47 Å². The van der Waals surface area contributed by atoms with E-state index in [1.807, 2.05) is 0 Å². The summed E-state index contributed by atoms with van der Waals surface area (Å²) in [6, 6.07) is 12.6. The highest BCUT2D eigenvalue weighted by Crippen LogP contribution is 2.35. The van der Waals surface area contributed by atoms with Gasteiger partial charge in [-0.25, -0.2) is 9.18 Å². The van der Waals surface area contributed by atoms with Crippen molar-refractivity contribution in [3.8, 4) is 5.75 Å². The molecule has 1 heterocycles. The number of carbonyl (C=O) groups is 2. The van der Waals surface area contributed by atoms with E-state index in [1.54, 1.807) is 44.4 Å². The summed E-state index contributed by atoms with van der Waals surface area (Å²) in [7, 11) is 2.83. The molecule has 138 valence electrons. The van der Waals surface area contributed by atoms with Crippen LogP contribution in [-0.2, 0) is 14.3 Å². The summed E-state index contributed by atoms with van der Waals surface area (Å²) < 4.78 is 23.2. The van der Waals surface area contributed by atoms with E-state index >= 15 is 0 Å². The van der Waals surface area contributed by atoms with Crippen LogP contribution in [-0.4, -0.2) is 26.1 Å². The highest BCUT2D eigenvalue weighted by molar-refractivity contribution is 6.23. The maximum atomic E-state index is 13.2. The summed E-state index contributed by atoms with van der Waals surface area (Å²) in [5, 5.41) is 0. The summed E-state index contributed by atoms with van der Waals surface area (Å²) in [4.78, 5) is 26.7. The quantitative estimate of drug-likeness (QED) is 0.611. The fourth-order valence-electron chi connectivity index (χ4n) is 2.95. The van der Waals surface area contributed by atoms with Gasteiger partial charge in [-0.15, -0.1) is 0 Å². The van der Waals surface area contributed by atoms with Gasteiger partial charge in [0.05, 0.1) is 25.4 Å². The largest absolute Gasteiger partial charge is 0.497 e. The van der Waals surface area contributed by atoms with E-state index in [-0.39, 0.29) is 17.1 Å². The van der Waals surface area contributed by atoms with E-state index in [0.29, 0.717) is 17.1 Å². The number of hydrogen-bond acceptors (Lipinski definition) is 4. The lowest BCUT2D eigenvalue weighted by Crippen LogP contribution is -2.24. The zero-order valence-corrected chi connectivity index (χ0v) is 15.2. The van der Waals surface area contributed by atoms with E-state index in [0.717, 1.165) is 5.56 Å². The first-order valence-corrected chi connectivity index (χ1v) is 8.21. The van der Waals surface area contributed by atoms with E-state index in [1.165, 1.54) is 36.3 Å². The Hall–Kier alpha value is -3.41. The Labute approximate surface area is 156 Å². The SMILES string of the molecule is COC(=O)C1=C(C)N(c2ccc(F)cc2)C(=O)/C1=C\c1ccc(OC)cc1. The van der Waals surface area contributed by atoms with Gasteiger partial charge in [-0.3, -0.25) is 9.69 Å². The number of halogens is 1. The molecule has 5 nitrogen and oxygen atoms in total. The molecule has 27 heavy (non-hydrogen) atoms. The Bertz CT molecular complexity index is 943. The summed E-state index contributed by atoms with van der Waals surface area (Å²) in [6.07, 6.45) is 1.63. The third kappa shape index (κ3) is 3.46. The number of esters is 1. The molecule has 1 amide bonds. The topological polar surface area (TPSA) is 55.8 Å².